The molecule has 1 atom stereocenters. The Labute approximate surface area is 145 Å². The van der Waals surface area contributed by atoms with Crippen LogP contribution in [0.25, 0.3) is 0 Å². The quantitative estimate of drug-likeness (QED) is 0.570. The molecule has 0 aliphatic heterocycles. The Hall–Kier alpha value is -0.0900. The van der Waals surface area contributed by atoms with Crippen molar-refractivity contribution in [3.05, 3.63) is 25.6 Å². The van der Waals surface area contributed by atoms with Crippen molar-refractivity contribution in [1.82, 2.24) is 0 Å². The van der Waals surface area contributed by atoms with Gasteiger partial charge in [-0.15, -0.1) is 11.8 Å². The molecule has 4 N–H and O–H groups in total. The number of hydrogen-bond acceptors (Lipinski definition) is 4. The molecule has 0 heterocycles. The molecule has 1 rings (SSSR count). The number of aliphatic carboxylic acids is 1. The largest absolute Gasteiger partial charge is 0.480 e. The molecule has 1 aromatic rings. The molecule has 0 unspecified atom stereocenters. The lowest BCUT2D eigenvalue weighted by atomic mass is 10.3. The SMILES string of the molecule is N[C@H](CSCC(=O)Nc1c(Br)cc(Br)cc1Br)C(=O)O. The van der Waals surface area contributed by atoms with Crippen LogP contribution in [-0.4, -0.2) is 34.5 Å². The van der Waals surface area contributed by atoms with Crippen molar-refractivity contribution in [3.8, 4) is 0 Å². The number of nitrogens with one attached hydrogen (secondary N) is 1. The average Bonchev–Trinajstić information content (AvgIpc) is 2.33. The molecule has 5 nitrogen and oxygen atoms in total. The second-order valence-electron chi connectivity index (χ2n) is 3.75. The molecular formula is C11H11Br3N2O3S. The predicted octanol–water partition coefficient (Wildman–Crippen LogP) is 3.06. The first kappa shape index (κ1) is 18.0. The first-order valence-corrected chi connectivity index (χ1v) is 8.85. The van der Waals surface area contributed by atoms with Crippen LogP contribution in [0.15, 0.2) is 25.6 Å². The number of carbonyl (C=O) groups is 2. The van der Waals surface area contributed by atoms with Crippen LogP contribution in [0.5, 0.6) is 0 Å². The van der Waals surface area contributed by atoms with Crippen LogP contribution in [0.1, 0.15) is 0 Å². The lowest BCUT2D eigenvalue weighted by Crippen LogP contribution is -2.33. The van der Waals surface area contributed by atoms with Crippen LogP contribution in [0.4, 0.5) is 5.69 Å². The fraction of sp³-hybridized carbons (Fsp3) is 0.273. The van der Waals surface area contributed by atoms with Gasteiger partial charge in [-0.1, -0.05) is 15.9 Å². The third-order valence-electron chi connectivity index (χ3n) is 2.12. The zero-order valence-electron chi connectivity index (χ0n) is 10.0. The van der Waals surface area contributed by atoms with E-state index < -0.39 is 12.0 Å². The fourth-order valence-electron chi connectivity index (χ4n) is 1.19. The standard InChI is InChI=1S/C11H11Br3N2O3S/c12-5-1-6(13)10(7(14)2-5)16-9(17)4-20-3-8(15)11(18)19/h1-2,8H,3-4,15H2,(H,16,17)(H,18,19)/t8-/m1/s1. The van der Waals surface area contributed by atoms with Crippen LogP contribution in [-0.2, 0) is 9.59 Å². The van der Waals surface area contributed by atoms with Gasteiger partial charge in [0.05, 0.1) is 11.4 Å². The summed E-state index contributed by atoms with van der Waals surface area (Å²) in [5.74, 6) is -0.978. The third-order valence-corrected chi connectivity index (χ3v) is 4.89. The average molecular weight is 491 g/mol. The van der Waals surface area contributed by atoms with Gasteiger partial charge in [0.25, 0.3) is 0 Å². The molecule has 0 saturated heterocycles. The molecule has 110 valence electrons. The molecule has 0 spiro atoms. The van der Waals surface area contributed by atoms with E-state index in [1.807, 2.05) is 12.1 Å². The molecule has 0 fully saturated rings. The van der Waals surface area contributed by atoms with Crippen molar-refractivity contribution in [1.29, 1.82) is 0 Å². The number of benzene rings is 1. The van der Waals surface area contributed by atoms with Crippen LogP contribution in [0.2, 0.25) is 0 Å². The van der Waals surface area contributed by atoms with Gasteiger partial charge in [-0.25, -0.2) is 0 Å². The van der Waals surface area contributed by atoms with E-state index in [-0.39, 0.29) is 17.4 Å². The highest BCUT2D eigenvalue weighted by molar-refractivity contribution is 9.11. The Bertz CT molecular complexity index is 505. The molecule has 1 amide bonds. The molecule has 0 saturated carbocycles. The van der Waals surface area contributed by atoms with Gasteiger partial charge in [0, 0.05) is 19.2 Å². The maximum Gasteiger partial charge on any atom is 0.321 e. The van der Waals surface area contributed by atoms with E-state index in [0.717, 1.165) is 13.4 Å². The number of thioether (sulfide) groups is 1. The third kappa shape index (κ3) is 5.72. The number of amides is 1. The summed E-state index contributed by atoms with van der Waals surface area (Å²) < 4.78 is 2.34. The normalized spacial score (nSPS) is 12.0. The van der Waals surface area contributed by atoms with Crippen molar-refractivity contribution in [3.63, 3.8) is 0 Å². The van der Waals surface area contributed by atoms with E-state index >= 15 is 0 Å². The lowest BCUT2D eigenvalue weighted by Gasteiger charge is -2.11. The van der Waals surface area contributed by atoms with Gasteiger partial charge in [-0.2, -0.15) is 0 Å². The number of anilines is 1. The summed E-state index contributed by atoms with van der Waals surface area (Å²) >= 11 is 11.2. The van der Waals surface area contributed by atoms with Gasteiger partial charge >= 0.3 is 5.97 Å². The summed E-state index contributed by atoms with van der Waals surface area (Å²) in [4.78, 5) is 22.3. The Morgan fingerprint density at radius 2 is 1.85 bits per heavy atom. The predicted molar refractivity (Wildman–Crippen MR) is 91.1 cm³/mol. The van der Waals surface area contributed by atoms with Gasteiger partial charge in [0.1, 0.15) is 6.04 Å². The van der Waals surface area contributed by atoms with Gasteiger partial charge in [0.15, 0.2) is 0 Å². The van der Waals surface area contributed by atoms with E-state index in [0.29, 0.717) is 5.69 Å². The number of halogens is 3. The lowest BCUT2D eigenvalue weighted by molar-refractivity contribution is -0.137. The highest BCUT2D eigenvalue weighted by atomic mass is 79.9. The minimum atomic E-state index is -1.07. The monoisotopic (exact) mass is 488 g/mol. The van der Waals surface area contributed by atoms with E-state index in [2.05, 4.69) is 53.1 Å². The molecule has 0 aliphatic carbocycles. The van der Waals surface area contributed by atoms with Crippen molar-refractivity contribution >= 4 is 77.1 Å². The zero-order valence-corrected chi connectivity index (χ0v) is 15.6. The Balaban J connectivity index is 2.53. The molecule has 9 heteroatoms. The first-order valence-electron chi connectivity index (χ1n) is 5.31. The highest BCUT2D eigenvalue weighted by Crippen LogP contribution is 2.34. The molecule has 0 radical (unpaired) electrons. The van der Waals surface area contributed by atoms with E-state index in [9.17, 15) is 9.59 Å². The van der Waals surface area contributed by atoms with Gasteiger partial charge < -0.3 is 16.2 Å². The Morgan fingerprint density at radius 1 is 1.30 bits per heavy atom. The van der Waals surface area contributed by atoms with Crippen molar-refractivity contribution in [2.45, 2.75) is 6.04 Å². The second-order valence-corrected chi connectivity index (χ2v) is 7.41. The minimum Gasteiger partial charge on any atom is -0.480 e. The number of carbonyl (C=O) groups excluding carboxylic acids is 1. The summed E-state index contributed by atoms with van der Waals surface area (Å²) in [5.41, 5.74) is 5.97. The summed E-state index contributed by atoms with van der Waals surface area (Å²) in [6.45, 7) is 0. The van der Waals surface area contributed by atoms with Gasteiger partial charge in [-0.05, 0) is 44.0 Å². The zero-order chi connectivity index (χ0) is 15.3. The molecule has 1 aromatic carbocycles. The topological polar surface area (TPSA) is 92.4 Å². The summed E-state index contributed by atoms with van der Waals surface area (Å²) in [6.07, 6.45) is 0. The number of hydrogen-bond donors (Lipinski definition) is 3. The number of nitrogens with two attached hydrogens (primary N) is 1. The highest BCUT2D eigenvalue weighted by Gasteiger charge is 2.14. The van der Waals surface area contributed by atoms with Gasteiger partial charge in [0.2, 0.25) is 5.91 Å². The summed E-state index contributed by atoms with van der Waals surface area (Å²) in [6, 6.07) is 2.67. The van der Waals surface area contributed by atoms with Crippen LogP contribution >= 0.6 is 59.6 Å². The smallest absolute Gasteiger partial charge is 0.321 e. The van der Waals surface area contributed by atoms with E-state index in [1.54, 1.807) is 0 Å². The molecule has 0 bridgehead atoms. The van der Waals surface area contributed by atoms with Gasteiger partial charge in [-0.3, -0.25) is 9.59 Å². The van der Waals surface area contributed by atoms with E-state index in [4.69, 9.17) is 10.8 Å². The van der Waals surface area contributed by atoms with Crippen LogP contribution < -0.4 is 11.1 Å². The number of rotatable bonds is 6. The molecule has 0 aliphatic rings. The maximum atomic E-state index is 11.8. The molecule has 20 heavy (non-hydrogen) atoms. The minimum absolute atomic E-state index is 0.135. The molecule has 0 aromatic heterocycles. The summed E-state index contributed by atoms with van der Waals surface area (Å²) in [5, 5.41) is 11.4. The fourth-order valence-corrected chi connectivity index (χ4v) is 4.42. The Morgan fingerprint density at radius 3 is 2.35 bits per heavy atom. The first-order chi connectivity index (χ1) is 9.31. The Kier molecular flexibility index (Phi) is 7.52. The van der Waals surface area contributed by atoms with Crippen molar-refractivity contribution in [2.75, 3.05) is 16.8 Å². The van der Waals surface area contributed by atoms with E-state index in [1.165, 1.54) is 11.8 Å². The second kappa shape index (κ2) is 8.38. The van der Waals surface area contributed by atoms with Crippen LogP contribution in [0, 0.1) is 0 Å². The van der Waals surface area contributed by atoms with Crippen molar-refractivity contribution in [2.24, 2.45) is 5.73 Å². The number of carboxylic acids is 1. The van der Waals surface area contributed by atoms with Crippen LogP contribution in [0.3, 0.4) is 0 Å². The maximum absolute atomic E-state index is 11.8. The molecular weight excluding hydrogens is 480 g/mol. The summed E-state index contributed by atoms with van der Waals surface area (Å²) in [7, 11) is 0. The van der Waals surface area contributed by atoms with Crippen molar-refractivity contribution < 1.29 is 14.7 Å². The number of carboxylic acid groups (broad SMARTS) is 1.